The third-order valence-electron chi connectivity index (χ3n) is 5.68. The molecule has 1 heterocycles. The first kappa shape index (κ1) is 29.6. The summed E-state index contributed by atoms with van der Waals surface area (Å²) >= 11 is 0. The monoisotopic (exact) mass is 499 g/mol. The van der Waals surface area contributed by atoms with Gasteiger partial charge in [-0.25, -0.2) is 4.79 Å². The van der Waals surface area contributed by atoms with Gasteiger partial charge in [-0.05, 0) is 38.0 Å². The number of aliphatic carboxylic acids is 2. The summed E-state index contributed by atoms with van der Waals surface area (Å²) in [5.74, 6) is -4.56. The topological polar surface area (TPSA) is 244 Å². The van der Waals surface area contributed by atoms with Crippen molar-refractivity contribution in [3.63, 3.8) is 0 Å². The van der Waals surface area contributed by atoms with Gasteiger partial charge >= 0.3 is 11.9 Å². The van der Waals surface area contributed by atoms with Crippen LogP contribution in [0.15, 0.2) is 4.99 Å². The van der Waals surface area contributed by atoms with E-state index in [4.69, 9.17) is 22.3 Å². The van der Waals surface area contributed by atoms with Crippen LogP contribution in [0.1, 0.15) is 52.4 Å². The molecule has 0 radical (unpaired) electrons. The number of hydrogen-bond acceptors (Lipinski definition) is 7. The minimum Gasteiger partial charge on any atom is -0.481 e. The second kappa shape index (κ2) is 14.1. The molecule has 0 aromatic rings. The van der Waals surface area contributed by atoms with Gasteiger partial charge in [0.1, 0.15) is 18.1 Å². The van der Waals surface area contributed by atoms with Crippen molar-refractivity contribution in [1.29, 1.82) is 0 Å². The second-order valence-corrected chi connectivity index (χ2v) is 8.80. The number of carbonyl (C=O) groups excluding carboxylic acids is 3. The number of rotatable bonds is 14. The van der Waals surface area contributed by atoms with Crippen molar-refractivity contribution in [2.45, 2.75) is 76.5 Å². The summed E-state index contributed by atoms with van der Waals surface area (Å²) in [6.45, 7) is 4.00. The quantitative estimate of drug-likeness (QED) is 0.0781. The van der Waals surface area contributed by atoms with Crippen LogP contribution >= 0.6 is 0 Å². The fraction of sp³-hybridized carbons (Fsp3) is 0.714. The molecule has 14 heteroatoms. The Bertz CT molecular complexity index is 814. The first-order chi connectivity index (χ1) is 16.3. The average molecular weight is 500 g/mol. The molecule has 35 heavy (non-hydrogen) atoms. The Morgan fingerprint density at radius 2 is 1.71 bits per heavy atom. The molecule has 4 atom stereocenters. The summed E-state index contributed by atoms with van der Waals surface area (Å²) in [7, 11) is 0. The molecular weight excluding hydrogens is 462 g/mol. The van der Waals surface area contributed by atoms with Gasteiger partial charge in [0.25, 0.3) is 0 Å². The van der Waals surface area contributed by atoms with Crippen molar-refractivity contribution in [2.24, 2.45) is 28.1 Å². The molecule has 4 unspecified atom stereocenters. The molecule has 10 N–H and O–H groups in total. The SMILES string of the molecule is CC(C)C(N)C(=O)NC(CCCN=C(N)N)C(=O)N1CCCC1C(=O)NC(CCC(=O)O)C(=O)O. The Hall–Kier alpha value is -3.42. The zero-order chi connectivity index (χ0) is 26.7. The number of nitrogens with two attached hydrogens (primary N) is 3. The number of amides is 3. The molecule has 14 nitrogen and oxygen atoms in total. The maximum absolute atomic E-state index is 13.4. The molecule has 1 aliphatic heterocycles. The zero-order valence-corrected chi connectivity index (χ0v) is 20.1. The maximum Gasteiger partial charge on any atom is 0.326 e. The summed E-state index contributed by atoms with van der Waals surface area (Å²) < 4.78 is 0. The predicted octanol–water partition coefficient (Wildman–Crippen LogP) is -2.07. The fourth-order valence-electron chi connectivity index (χ4n) is 3.63. The van der Waals surface area contributed by atoms with Crippen LogP contribution in [0, 0.1) is 5.92 Å². The van der Waals surface area contributed by atoms with Gasteiger partial charge in [-0.2, -0.15) is 0 Å². The summed E-state index contributed by atoms with van der Waals surface area (Å²) in [4.78, 5) is 66.1. The molecule has 0 bridgehead atoms. The lowest BCUT2D eigenvalue weighted by Crippen LogP contribution is -2.57. The molecule has 0 saturated carbocycles. The minimum atomic E-state index is -1.41. The van der Waals surface area contributed by atoms with Crippen molar-refractivity contribution < 1.29 is 34.2 Å². The number of carboxylic acids is 2. The molecule has 1 fully saturated rings. The highest BCUT2D eigenvalue weighted by molar-refractivity contribution is 5.94. The first-order valence-electron chi connectivity index (χ1n) is 11.5. The lowest BCUT2D eigenvalue weighted by atomic mass is 10.0. The van der Waals surface area contributed by atoms with Crippen LogP contribution in [0.25, 0.3) is 0 Å². The Labute approximate surface area is 203 Å². The van der Waals surface area contributed by atoms with Crippen LogP contribution in [-0.4, -0.2) is 88.0 Å². The van der Waals surface area contributed by atoms with Gasteiger partial charge in [0, 0.05) is 19.5 Å². The van der Waals surface area contributed by atoms with Crippen molar-refractivity contribution in [1.82, 2.24) is 15.5 Å². The van der Waals surface area contributed by atoms with E-state index in [9.17, 15) is 29.1 Å². The third kappa shape index (κ3) is 9.76. The Kier molecular flexibility index (Phi) is 11.9. The average Bonchev–Trinajstić information content (AvgIpc) is 3.26. The molecule has 1 saturated heterocycles. The molecular formula is C21H37N7O7. The highest BCUT2D eigenvalue weighted by Crippen LogP contribution is 2.20. The molecule has 0 spiro atoms. The number of nitrogens with one attached hydrogen (secondary N) is 2. The van der Waals surface area contributed by atoms with E-state index < -0.39 is 60.2 Å². The summed E-state index contributed by atoms with van der Waals surface area (Å²) in [5.41, 5.74) is 16.6. The number of carbonyl (C=O) groups is 5. The Morgan fingerprint density at radius 3 is 2.26 bits per heavy atom. The standard InChI is InChI=1S/C21H37N7O7/c1-11(2)16(22)18(32)26-12(5-3-9-25-21(23)24)19(33)28-10-4-6-14(28)17(31)27-13(20(34)35)7-8-15(29)30/h11-14,16H,3-10,22H2,1-2H3,(H,26,32)(H,27,31)(H,29,30)(H,34,35)(H4,23,24,25). The molecule has 0 aromatic heterocycles. The van der Waals surface area contributed by atoms with Crippen LogP contribution in [-0.2, 0) is 24.0 Å². The summed E-state index contributed by atoms with van der Waals surface area (Å²) in [6.07, 6.45) is 0.609. The van der Waals surface area contributed by atoms with E-state index in [0.717, 1.165) is 0 Å². The van der Waals surface area contributed by atoms with E-state index in [1.807, 2.05) is 0 Å². The van der Waals surface area contributed by atoms with Crippen LogP contribution in [0.4, 0.5) is 0 Å². The van der Waals surface area contributed by atoms with E-state index in [1.165, 1.54) is 4.90 Å². The fourth-order valence-corrected chi connectivity index (χ4v) is 3.63. The van der Waals surface area contributed by atoms with Crippen molar-refractivity contribution in [2.75, 3.05) is 13.1 Å². The number of nitrogens with zero attached hydrogens (tertiary/aromatic N) is 2. The van der Waals surface area contributed by atoms with Gasteiger partial charge in [0.2, 0.25) is 17.7 Å². The van der Waals surface area contributed by atoms with Crippen molar-refractivity contribution >= 4 is 35.6 Å². The minimum absolute atomic E-state index is 0.106. The number of hydrogen-bond donors (Lipinski definition) is 7. The molecule has 0 aromatic carbocycles. The molecule has 1 aliphatic rings. The molecule has 0 aliphatic carbocycles. The first-order valence-corrected chi connectivity index (χ1v) is 11.5. The van der Waals surface area contributed by atoms with E-state index in [0.29, 0.717) is 19.3 Å². The number of aliphatic imine (C=N–C) groups is 1. The van der Waals surface area contributed by atoms with E-state index in [1.54, 1.807) is 13.8 Å². The smallest absolute Gasteiger partial charge is 0.326 e. The Morgan fingerprint density at radius 1 is 1.06 bits per heavy atom. The van der Waals surface area contributed by atoms with Crippen LogP contribution in [0.2, 0.25) is 0 Å². The maximum atomic E-state index is 13.4. The number of guanidine groups is 1. The van der Waals surface area contributed by atoms with Crippen molar-refractivity contribution in [3.05, 3.63) is 0 Å². The van der Waals surface area contributed by atoms with Gasteiger partial charge in [-0.15, -0.1) is 0 Å². The third-order valence-corrected chi connectivity index (χ3v) is 5.68. The van der Waals surface area contributed by atoms with Gasteiger partial charge < -0.3 is 42.9 Å². The van der Waals surface area contributed by atoms with Crippen LogP contribution in [0.5, 0.6) is 0 Å². The summed E-state index contributed by atoms with van der Waals surface area (Å²) in [6, 6.07) is -4.19. The normalized spacial score (nSPS) is 17.8. The second-order valence-electron chi connectivity index (χ2n) is 8.80. The zero-order valence-electron chi connectivity index (χ0n) is 20.1. The summed E-state index contributed by atoms with van der Waals surface area (Å²) in [5, 5.41) is 23.1. The molecule has 1 rings (SSSR count). The predicted molar refractivity (Wildman–Crippen MR) is 126 cm³/mol. The van der Waals surface area contributed by atoms with Crippen LogP contribution < -0.4 is 27.8 Å². The lowest BCUT2D eigenvalue weighted by molar-refractivity contribution is -0.145. The van der Waals surface area contributed by atoms with E-state index in [2.05, 4.69) is 15.6 Å². The highest BCUT2D eigenvalue weighted by atomic mass is 16.4. The Balaban J connectivity index is 2.98. The van der Waals surface area contributed by atoms with E-state index in [-0.39, 0.29) is 37.8 Å². The lowest BCUT2D eigenvalue weighted by Gasteiger charge is -2.30. The molecule has 198 valence electrons. The number of carboxylic acid groups (broad SMARTS) is 2. The van der Waals surface area contributed by atoms with Gasteiger partial charge in [-0.1, -0.05) is 13.8 Å². The van der Waals surface area contributed by atoms with Gasteiger partial charge in [0.15, 0.2) is 5.96 Å². The number of likely N-dealkylation sites (tertiary alicyclic amines) is 1. The van der Waals surface area contributed by atoms with Crippen LogP contribution in [0.3, 0.4) is 0 Å². The van der Waals surface area contributed by atoms with Gasteiger partial charge in [-0.3, -0.25) is 24.2 Å². The van der Waals surface area contributed by atoms with E-state index >= 15 is 0 Å². The van der Waals surface area contributed by atoms with Crippen molar-refractivity contribution in [3.8, 4) is 0 Å². The van der Waals surface area contributed by atoms with Gasteiger partial charge in [0.05, 0.1) is 6.04 Å². The molecule has 3 amide bonds. The highest BCUT2D eigenvalue weighted by Gasteiger charge is 2.39. The largest absolute Gasteiger partial charge is 0.481 e.